The van der Waals surface area contributed by atoms with Gasteiger partial charge >= 0.3 is 0 Å². The van der Waals surface area contributed by atoms with E-state index in [-0.39, 0.29) is 5.56 Å². The van der Waals surface area contributed by atoms with Crippen LogP contribution in [0.15, 0.2) is 18.2 Å². The quantitative estimate of drug-likeness (QED) is 0.628. The van der Waals surface area contributed by atoms with Crippen LogP contribution in [0.25, 0.3) is 0 Å². The van der Waals surface area contributed by atoms with Crippen molar-refractivity contribution >= 4 is 17.5 Å². The number of amides is 1. The van der Waals surface area contributed by atoms with Crippen LogP contribution < -0.4 is 5.32 Å². The van der Waals surface area contributed by atoms with E-state index in [9.17, 15) is 13.6 Å². The molecule has 0 heterocycles. The number of carbonyl (C=O) groups is 1. The Morgan fingerprint density at radius 2 is 2.13 bits per heavy atom. The molecular weight excluding hydrogens is 224 g/mol. The van der Waals surface area contributed by atoms with Gasteiger partial charge < -0.3 is 5.32 Å². The van der Waals surface area contributed by atoms with Crippen LogP contribution in [0.1, 0.15) is 16.8 Å². The van der Waals surface area contributed by atoms with Gasteiger partial charge in [-0.25, -0.2) is 8.78 Å². The van der Waals surface area contributed by atoms with E-state index in [1.807, 2.05) is 0 Å². The smallest absolute Gasteiger partial charge is 0.254 e. The lowest BCUT2D eigenvalue weighted by Crippen LogP contribution is -2.25. The number of rotatable bonds is 4. The van der Waals surface area contributed by atoms with Gasteiger partial charge in [0, 0.05) is 12.4 Å². The van der Waals surface area contributed by atoms with Crippen molar-refractivity contribution in [3.05, 3.63) is 35.4 Å². The number of carbonyl (C=O) groups excluding carboxylic acids is 1. The minimum absolute atomic E-state index is 0.287. The van der Waals surface area contributed by atoms with E-state index in [4.69, 9.17) is 11.6 Å². The normalized spacial score (nSPS) is 10.1. The van der Waals surface area contributed by atoms with E-state index in [0.29, 0.717) is 18.8 Å². The van der Waals surface area contributed by atoms with E-state index in [2.05, 4.69) is 5.32 Å². The zero-order valence-electron chi connectivity index (χ0n) is 7.90. The summed E-state index contributed by atoms with van der Waals surface area (Å²) >= 11 is 5.40. The molecule has 0 atom stereocenters. The van der Waals surface area contributed by atoms with Gasteiger partial charge in [0.1, 0.15) is 0 Å². The maximum absolute atomic E-state index is 13.1. The van der Waals surface area contributed by atoms with Crippen LogP contribution in [0.2, 0.25) is 0 Å². The molecule has 0 fully saturated rings. The van der Waals surface area contributed by atoms with Gasteiger partial charge in [-0.05, 0) is 18.6 Å². The Morgan fingerprint density at radius 1 is 1.40 bits per heavy atom. The van der Waals surface area contributed by atoms with Crippen molar-refractivity contribution in [2.24, 2.45) is 0 Å². The largest absolute Gasteiger partial charge is 0.352 e. The number of halogens is 3. The van der Waals surface area contributed by atoms with Gasteiger partial charge in [0.2, 0.25) is 0 Å². The molecule has 0 saturated carbocycles. The molecule has 0 saturated heterocycles. The summed E-state index contributed by atoms with van der Waals surface area (Å²) < 4.78 is 25.9. The Labute approximate surface area is 91.2 Å². The fraction of sp³-hybridized carbons (Fsp3) is 0.300. The van der Waals surface area contributed by atoms with Crippen LogP contribution in [0.4, 0.5) is 8.78 Å². The van der Waals surface area contributed by atoms with Crippen LogP contribution in [0.5, 0.6) is 0 Å². The monoisotopic (exact) mass is 233 g/mol. The lowest BCUT2D eigenvalue weighted by atomic mass is 10.2. The predicted octanol–water partition coefficient (Wildman–Crippen LogP) is 2.32. The van der Waals surface area contributed by atoms with Gasteiger partial charge in [0.15, 0.2) is 11.6 Å². The highest BCUT2D eigenvalue weighted by atomic mass is 35.5. The molecule has 1 N–H and O–H groups in total. The average Bonchev–Trinajstić information content (AvgIpc) is 2.22. The Hall–Kier alpha value is -1.16. The third-order valence-electron chi connectivity index (χ3n) is 1.79. The van der Waals surface area contributed by atoms with Gasteiger partial charge in [-0.3, -0.25) is 4.79 Å². The Bertz CT molecular complexity index is 357. The first kappa shape index (κ1) is 11.9. The van der Waals surface area contributed by atoms with Crippen molar-refractivity contribution in [3.8, 4) is 0 Å². The maximum Gasteiger partial charge on any atom is 0.254 e. The summed E-state index contributed by atoms with van der Waals surface area (Å²) in [5.41, 5.74) is -0.287. The lowest BCUT2D eigenvalue weighted by molar-refractivity contribution is 0.0948. The fourth-order valence-electron chi connectivity index (χ4n) is 1.04. The summed E-state index contributed by atoms with van der Waals surface area (Å²) in [5.74, 6) is -2.37. The minimum atomic E-state index is -1.12. The van der Waals surface area contributed by atoms with Gasteiger partial charge in [-0.15, -0.1) is 11.6 Å². The van der Waals surface area contributed by atoms with Crippen LogP contribution in [0, 0.1) is 11.6 Å². The van der Waals surface area contributed by atoms with E-state index in [1.165, 1.54) is 12.1 Å². The third kappa shape index (κ3) is 3.16. The van der Waals surface area contributed by atoms with E-state index in [0.717, 1.165) is 6.07 Å². The highest BCUT2D eigenvalue weighted by Crippen LogP contribution is 2.10. The summed E-state index contributed by atoms with van der Waals surface area (Å²) in [4.78, 5) is 11.3. The number of hydrogen-bond donors (Lipinski definition) is 1. The molecule has 2 nitrogen and oxygen atoms in total. The molecule has 5 heteroatoms. The molecule has 1 amide bonds. The van der Waals surface area contributed by atoms with Crippen molar-refractivity contribution in [2.45, 2.75) is 6.42 Å². The highest BCUT2D eigenvalue weighted by Gasteiger charge is 2.13. The molecule has 0 aliphatic carbocycles. The SMILES string of the molecule is O=C(NCCCCl)c1cccc(F)c1F. The van der Waals surface area contributed by atoms with E-state index in [1.54, 1.807) is 0 Å². The second-order valence-corrected chi connectivity index (χ2v) is 3.28. The second-order valence-electron chi connectivity index (χ2n) is 2.90. The van der Waals surface area contributed by atoms with Crippen molar-refractivity contribution in [2.75, 3.05) is 12.4 Å². The summed E-state index contributed by atoms with van der Waals surface area (Å²) in [5, 5.41) is 2.44. The first-order chi connectivity index (χ1) is 7.16. The summed E-state index contributed by atoms with van der Waals surface area (Å²) in [6.45, 7) is 0.346. The average molecular weight is 234 g/mol. The second kappa shape index (κ2) is 5.66. The van der Waals surface area contributed by atoms with Crippen LogP contribution >= 0.6 is 11.6 Å². The minimum Gasteiger partial charge on any atom is -0.352 e. The molecule has 1 aromatic rings. The van der Waals surface area contributed by atoms with Gasteiger partial charge in [-0.1, -0.05) is 6.07 Å². The maximum atomic E-state index is 13.1. The standard InChI is InChI=1S/C10H10ClF2NO/c11-5-2-6-14-10(15)7-3-1-4-8(12)9(7)13/h1,3-4H,2,5-6H2,(H,14,15). The first-order valence-electron chi connectivity index (χ1n) is 4.45. The highest BCUT2D eigenvalue weighted by molar-refractivity contribution is 6.17. The number of alkyl halides is 1. The topological polar surface area (TPSA) is 29.1 Å². The molecular formula is C10H10ClF2NO. The Morgan fingerprint density at radius 3 is 2.80 bits per heavy atom. The van der Waals surface area contributed by atoms with E-state index < -0.39 is 17.5 Å². The Kier molecular flexibility index (Phi) is 4.49. The molecule has 0 aliphatic heterocycles. The van der Waals surface area contributed by atoms with Gasteiger partial charge in [0.25, 0.3) is 5.91 Å². The first-order valence-corrected chi connectivity index (χ1v) is 4.98. The number of nitrogens with one attached hydrogen (secondary N) is 1. The molecule has 0 aromatic heterocycles. The summed E-state index contributed by atoms with van der Waals surface area (Å²) in [7, 11) is 0. The number of benzene rings is 1. The van der Waals surface area contributed by atoms with Crippen LogP contribution in [-0.4, -0.2) is 18.3 Å². The summed E-state index contributed by atoms with van der Waals surface area (Å²) in [6.07, 6.45) is 0.588. The summed E-state index contributed by atoms with van der Waals surface area (Å²) in [6, 6.07) is 3.48. The van der Waals surface area contributed by atoms with Crippen LogP contribution in [0.3, 0.4) is 0 Å². The molecule has 0 bridgehead atoms. The van der Waals surface area contributed by atoms with Crippen molar-refractivity contribution in [3.63, 3.8) is 0 Å². The predicted molar refractivity (Wildman–Crippen MR) is 54.0 cm³/mol. The number of hydrogen-bond acceptors (Lipinski definition) is 1. The third-order valence-corrected chi connectivity index (χ3v) is 2.06. The fourth-order valence-corrected chi connectivity index (χ4v) is 1.18. The molecule has 0 aliphatic rings. The zero-order chi connectivity index (χ0) is 11.3. The molecule has 1 aromatic carbocycles. The van der Waals surface area contributed by atoms with E-state index >= 15 is 0 Å². The Balaban J connectivity index is 2.69. The van der Waals surface area contributed by atoms with Crippen molar-refractivity contribution in [1.29, 1.82) is 0 Å². The zero-order valence-corrected chi connectivity index (χ0v) is 8.65. The van der Waals surface area contributed by atoms with Crippen molar-refractivity contribution in [1.82, 2.24) is 5.32 Å². The van der Waals surface area contributed by atoms with Gasteiger partial charge in [0.05, 0.1) is 5.56 Å². The molecule has 0 spiro atoms. The molecule has 82 valence electrons. The lowest BCUT2D eigenvalue weighted by Gasteiger charge is -2.04. The van der Waals surface area contributed by atoms with Crippen molar-refractivity contribution < 1.29 is 13.6 Å². The molecule has 0 radical (unpaired) electrons. The van der Waals surface area contributed by atoms with Crippen LogP contribution in [-0.2, 0) is 0 Å². The van der Waals surface area contributed by atoms with Gasteiger partial charge in [-0.2, -0.15) is 0 Å². The molecule has 0 unspecified atom stereocenters. The molecule has 1 rings (SSSR count). The molecule has 15 heavy (non-hydrogen) atoms.